The van der Waals surface area contributed by atoms with E-state index >= 15 is 0 Å². The van der Waals surface area contributed by atoms with Gasteiger partial charge in [-0.1, -0.05) is 42.0 Å². The molecular formula is C25H33N3O4S. The van der Waals surface area contributed by atoms with Crippen LogP contribution in [0.1, 0.15) is 55.1 Å². The molecule has 8 heteroatoms. The van der Waals surface area contributed by atoms with Crippen molar-refractivity contribution in [2.75, 3.05) is 18.4 Å². The van der Waals surface area contributed by atoms with Crippen LogP contribution in [0.2, 0.25) is 0 Å². The molecule has 1 aliphatic heterocycles. The Balaban J connectivity index is 1.61. The van der Waals surface area contributed by atoms with Crippen molar-refractivity contribution in [3.63, 3.8) is 0 Å². The van der Waals surface area contributed by atoms with Gasteiger partial charge in [0.25, 0.3) is 5.91 Å². The fourth-order valence-corrected chi connectivity index (χ4v) is 5.48. The van der Waals surface area contributed by atoms with Crippen molar-refractivity contribution in [2.45, 2.75) is 51.8 Å². The van der Waals surface area contributed by atoms with E-state index in [9.17, 15) is 18.0 Å². The van der Waals surface area contributed by atoms with E-state index in [2.05, 4.69) is 10.6 Å². The lowest BCUT2D eigenvalue weighted by atomic mass is 9.97. The van der Waals surface area contributed by atoms with Crippen LogP contribution in [0.5, 0.6) is 0 Å². The highest BCUT2D eigenvalue weighted by atomic mass is 32.2. The molecule has 0 unspecified atom stereocenters. The van der Waals surface area contributed by atoms with Gasteiger partial charge in [-0.25, -0.2) is 12.7 Å². The van der Waals surface area contributed by atoms with E-state index in [1.807, 2.05) is 52.0 Å². The third kappa shape index (κ3) is 6.88. The van der Waals surface area contributed by atoms with Gasteiger partial charge in [-0.15, -0.1) is 0 Å². The molecule has 1 aliphatic rings. The molecule has 7 nitrogen and oxygen atoms in total. The lowest BCUT2D eigenvalue weighted by Gasteiger charge is -2.30. The highest BCUT2D eigenvalue weighted by Gasteiger charge is 2.31. The van der Waals surface area contributed by atoms with E-state index in [4.69, 9.17) is 0 Å². The van der Waals surface area contributed by atoms with Gasteiger partial charge in [0.1, 0.15) is 0 Å². The normalized spacial score (nSPS) is 15.8. The van der Waals surface area contributed by atoms with Gasteiger partial charge in [0.2, 0.25) is 15.9 Å². The zero-order valence-corrected chi connectivity index (χ0v) is 20.5. The van der Waals surface area contributed by atoms with Crippen LogP contribution in [-0.4, -0.2) is 43.2 Å². The molecule has 3 rings (SSSR count). The summed E-state index contributed by atoms with van der Waals surface area (Å²) >= 11 is 0. The predicted octanol–water partition coefficient (Wildman–Crippen LogP) is 3.70. The van der Waals surface area contributed by atoms with Crippen molar-refractivity contribution in [3.05, 3.63) is 65.2 Å². The Morgan fingerprint density at radius 1 is 1.03 bits per heavy atom. The summed E-state index contributed by atoms with van der Waals surface area (Å²) in [4.78, 5) is 25.5. The van der Waals surface area contributed by atoms with Gasteiger partial charge < -0.3 is 10.6 Å². The predicted molar refractivity (Wildman–Crippen MR) is 130 cm³/mol. The number of carbonyl (C=O) groups is 2. The Labute approximate surface area is 196 Å². The number of nitrogens with one attached hydrogen (secondary N) is 2. The maximum absolute atomic E-state index is 12.9. The Bertz CT molecular complexity index is 1110. The monoisotopic (exact) mass is 471 g/mol. The Hall–Kier alpha value is -2.71. The molecule has 0 bridgehead atoms. The summed E-state index contributed by atoms with van der Waals surface area (Å²) in [6, 6.07) is 14.4. The molecule has 2 N–H and O–H groups in total. The lowest BCUT2D eigenvalue weighted by molar-refractivity contribution is -0.120. The van der Waals surface area contributed by atoms with E-state index in [0.717, 1.165) is 11.1 Å². The molecule has 178 valence electrons. The number of rotatable bonds is 6. The van der Waals surface area contributed by atoms with Crippen molar-refractivity contribution in [1.29, 1.82) is 0 Å². The van der Waals surface area contributed by atoms with Crippen molar-refractivity contribution in [2.24, 2.45) is 5.92 Å². The molecule has 0 aromatic heterocycles. The number of hydrogen-bond donors (Lipinski definition) is 2. The van der Waals surface area contributed by atoms with Gasteiger partial charge >= 0.3 is 0 Å². The van der Waals surface area contributed by atoms with Crippen LogP contribution in [0.15, 0.2) is 48.5 Å². The summed E-state index contributed by atoms with van der Waals surface area (Å²) in [5, 5.41) is 5.79. The number of piperidine rings is 1. The number of amides is 2. The lowest BCUT2D eigenvalue weighted by Crippen LogP contribution is -2.42. The molecule has 0 aliphatic carbocycles. The van der Waals surface area contributed by atoms with Crippen molar-refractivity contribution >= 4 is 27.5 Å². The van der Waals surface area contributed by atoms with Gasteiger partial charge in [0.05, 0.1) is 17.0 Å². The van der Waals surface area contributed by atoms with Gasteiger partial charge in [-0.05, 0) is 58.2 Å². The standard InChI is InChI=1S/C25H33N3O4S/c1-18-8-7-9-19(16-18)17-33(31,32)28-14-12-20(13-15-28)23(29)26-22-11-6-5-10-21(22)24(30)27-25(2,3)4/h5-11,16,20H,12-15,17H2,1-4H3,(H,26,29)(H,27,30). The molecule has 1 heterocycles. The first-order valence-electron chi connectivity index (χ1n) is 11.2. The minimum atomic E-state index is -3.45. The number of para-hydroxylation sites is 1. The number of sulfonamides is 1. The first-order valence-corrected chi connectivity index (χ1v) is 12.8. The van der Waals surface area contributed by atoms with Gasteiger partial charge in [-0.3, -0.25) is 9.59 Å². The minimum Gasteiger partial charge on any atom is -0.347 e. The fourth-order valence-electron chi connectivity index (χ4n) is 3.93. The number of aryl methyl sites for hydroxylation is 1. The van der Waals surface area contributed by atoms with Crippen LogP contribution in [0.25, 0.3) is 0 Å². The second-order valence-corrected chi connectivity index (χ2v) is 11.6. The van der Waals surface area contributed by atoms with E-state index in [-0.39, 0.29) is 23.5 Å². The number of benzene rings is 2. The van der Waals surface area contributed by atoms with Crippen molar-refractivity contribution in [3.8, 4) is 0 Å². The second-order valence-electron chi connectivity index (χ2n) is 9.66. The van der Waals surface area contributed by atoms with Crippen molar-refractivity contribution < 1.29 is 18.0 Å². The smallest absolute Gasteiger partial charge is 0.253 e. The first-order chi connectivity index (χ1) is 15.4. The summed E-state index contributed by atoms with van der Waals surface area (Å²) in [7, 11) is -3.45. The third-order valence-electron chi connectivity index (χ3n) is 5.57. The van der Waals surface area contributed by atoms with Gasteiger partial charge in [-0.2, -0.15) is 0 Å². The van der Waals surface area contributed by atoms with Crippen LogP contribution in [0, 0.1) is 12.8 Å². The fraction of sp³-hybridized carbons (Fsp3) is 0.440. The summed E-state index contributed by atoms with van der Waals surface area (Å²) in [5.41, 5.74) is 2.25. The molecule has 2 amide bonds. The Morgan fingerprint density at radius 2 is 1.70 bits per heavy atom. The van der Waals surface area contributed by atoms with Gasteiger partial charge in [0.15, 0.2) is 0 Å². The SMILES string of the molecule is Cc1cccc(CS(=O)(=O)N2CCC(C(=O)Nc3ccccc3C(=O)NC(C)(C)C)CC2)c1. The molecular weight excluding hydrogens is 438 g/mol. The zero-order chi connectivity index (χ0) is 24.2. The van der Waals surface area contributed by atoms with Crippen LogP contribution in [0.3, 0.4) is 0 Å². The first kappa shape index (κ1) is 24.9. The number of hydrogen-bond acceptors (Lipinski definition) is 4. The van der Waals surface area contributed by atoms with Crippen molar-refractivity contribution in [1.82, 2.24) is 9.62 Å². The van der Waals surface area contributed by atoms with Crippen LogP contribution < -0.4 is 10.6 Å². The molecule has 2 aromatic carbocycles. The minimum absolute atomic E-state index is 0.0399. The third-order valence-corrected chi connectivity index (χ3v) is 7.42. The van der Waals surface area contributed by atoms with Crippen LogP contribution in [-0.2, 0) is 20.6 Å². The quantitative estimate of drug-likeness (QED) is 0.671. The number of carbonyl (C=O) groups excluding carboxylic acids is 2. The maximum atomic E-state index is 12.9. The molecule has 0 spiro atoms. The summed E-state index contributed by atoms with van der Waals surface area (Å²) < 4.78 is 27.2. The summed E-state index contributed by atoms with van der Waals surface area (Å²) in [6.07, 6.45) is 0.879. The Kier molecular flexibility index (Phi) is 7.59. The summed E-state index contributed by atoms with van der Waals surface area (Å²) in [6.45, 7) is 8.23. The largest absolute Gasteiger partial charge is 0.347 e. The van der Waals surface area contributed by atoms with E-state index in [0.29, 0.717) is 37.2 Å². The number of nitrogens with zero attached hydrogens (tertiary/aromatic N) is 1. The van der Waals surface area contributed by atoms with E-state index < -0.39 is 15.6 Å². The average molecular weight is 472 g/mol. The molecule has 33 heavy (non-hydrogen) atoms. The Morgan fingerprint density at radius 3 is 2.33 bits per heavy atom. The summed E-state index contributed by atoms with van der Waals surface area (Å²) in [5.74, 6) is -0.798. The van der Waals surface area contributed by atoms with Crippen LogP contribution >= 0.6 is 0 Å². The molecule has 0 saturated carbocycles. The maximum Gasteiger partial charge on any atom is 0.253 e. The topological polar surface area (TPSA) is 95.6 Å². The molecule has 0 radical (unpaired) electrons. The molecule has 0 atom stereocenters. The molecule has 1 fully saturated rings. The van der Waals surface area contributed by atoms with Gasteiger partial charge in [0, 0.05) is 24.5 Å². The average Bonchev–Trinajstić information content (AvgIpc) is 2.72. The highest BCUT2D eigenvalue weighted by Crippen LogP contribution is 2.24. The second kappa shape index (κ2) is 10.1. The van der Waals surface area contributed by atoms with E-state index in [1.54, 1.807) is 24.3 Å². The number of anilines is 1. The zero-order valence-electron chi connectivity index (χ0n) is 19.7. The highest BCUT2D eigenvalue weighted by molar-refractivity contribution is 7.88. The molecule has 2 aromatic rings. The van der Waals surface area contributed by atoms with Crippen LogP contribution in [0.4, 0.5) is 5.69 Å². The molecule has 1 saturated heterocycles. The van der Waals surface area contributed by atoms with E-state index in [1.165, 1.54) is 4.31 Å².